The van der Waals surface area contributed by atoms with E-state index in [9.17, 15) is 4.79 Å². The van der Waals surface area contributed by atoms with Gasteiger partial charge in [0, 0.05) is 36.7 Å². The number of nitrogens with zero attached hydrogens (tertiary/aromatic N) is 2. The second-order valence-corrected chi connectivity index (χ2v) is 5.89. The molecule has 108 valence electrons. The zero-order valence-corrected chi connectivity index (χ0v) is 12.3. The number of halogens is 1. The van der Waals surface area contributed by atoms with Crippen LogP contribution in [0.5, 0.6) is 0 Å². The molecule has 2 fully saturated rings. The molecule has 0 spiro atoms. The Bertz CT molecular complexity index is 508. The molecular formula is C15H19ClN2O2. The van der Waals surface area contributed by atoms with E-state index in [2.05, 4.69) is 17.0 Å². The molecule has 2 unspecified atom stereocenters. The van der Waals surface area contributed by atoms with Gasteiger partial charge in [0.25, 0.3) is 0 Å². The zero-order valence-electron chi connectivity index (χ0n) is 11.6. The number of hydrogen-bond acceptors (Lipinski definition) is 3. The van der Waals surface area contributed by atoms with Gasteiger partial charge in [-0.3, -0.25) is 4.90 Å². The van der Waals surface area contributed by atoms with E-state index in [4.69, 9.17) is 16.3 Å². The van der Waals surface area contributed by atoms with E-state index >= 15 is 0 Å². The SMILES string of the molecule is COC(=O)N1CCN2C(CCC2c2cccc(Cl)c2)C1. The summed E-state index contributed by atoms with van der Waals surface area (Å²) in [6.07, 6.45) is 2.03. The number of hydrogen-bond donors (Lipinski definition) is 0. The maximum Gasteiger partial charge on any atom is 0.409 e. The lowest BCUT2D eigenvalue weighted by Gasteiger charge is -2.39. The lowest BCUT2D eigenvalue weighted by molar-refractivity contribution is 0.0624. The third kappa shape index (κ3) is 2.50. The van der Waals surface area contributed by atoms with Crippen LogP contribution in [0.15, 0.2) is 24.3 Å². The molecule has 2 aliphatic rings. The van der Waals surface area contributed by atoms with Gasteiger partial charge in [-0.2, -0.15) is 0 Å². The largest absolute Gasteiger partial charge is 0.453 e. The van der Waals surface area contributed by atoms with E-state index < -0.39 is 0 Å². The van der Waals surface area contributed by atoms with Gasteiger partial charge in [0.1, 0.15) is 0 Å². The van der Waals surface area contributed by atoms with Crippen molar-refractivity contribution in [3.8, 4) is 0 Å². The van der Waals surface area contributed by atoms with E-state index in [1.165, 1.54) is 12.7 Å². The number of fused-ring (bicyclic) bond motifs is 1. The molecule has 1 amide bonds. The summed E-state index contributed by atoms with van der Waals surface area (Å²) in [6.45, 7) is 2.40. The second kappa shape index (κ2) is 5.62. The van der Waals surface area contributed by atoms with E-state index in [1.54, 1.807) is 0 Å². The van der Waals surface area contributed by atoms with Gasteiger partial charge >= 0.3 is 6.09 Å². The molecule has 1 aromatic rings. The summed E-state index contributed by atoms with van der Waals surface area (Å²) in [5, 5.41) is 0.791. The minimum atomic E-state index is -0.212. The summed E-state index contributed by atoms with van der Waals surface area (Å²) in [5.74, 6) is 0. The Kier molecular flexibility index (Phi) is 3.85. The van der Waals surface area contributed by atoms with E-state index in [0.29, 0.717) is 12.1 Å². The Balaban J connectivity index is 1.73. The number of carbonyl (C=O) groups is 1. The van der Waals surface area contributed by atoms with Gasteiger partial charge in [-0.1, -0.05) is 23.7 Å². The molecule has 0 saturated carbocycles. The lowest BCUT2D eigenvalue weighted by Crippen LogP contribution is -2.52. The Hall–Kier alpha value is -1.26. The third-order valence-electron chi connectivity index (χ3n) is 4.37. The van der Waals surface area contributed by atoms with Gasteiger partial charge in [0.15, 0.2) is 0 Å². The van der Waals surface area contributed by atoms with Crippen molar-refractivity contribution >= 4 is 17.7 Å². The van der Waals surface area contributed by atoms with Gasteiger partial charge in [0.05, 0.1) is 7.11 Å². The summed E-state index contributed by atoms with van der Waals surface area (Å²) < 4.78 is 4.82. The van der Waals surface area contributed by atoms with Crippen LogP contribution in [0.4, 0.5) is 4.79 Å². The molecule has 0 N–H and O–H groups in total. The van der Waals surface area contributed by atoms with Crippen molar-refractivity contribution in [1.29, 1.82) is 0 Å². The van der Waals surface area contributed by atoms with Crippen molar-refractivity contribution in [2.45, 2.75) is 24.9 Å². The van der Waals surface area contributed by atoms with Gasteiger partial charge in [-0.15, -0.1) is 0 Å². The molecule has 0 aliphatic carbocycles. The normalized spacial score (nSPS) is 26.4. The minimum absolute atomic E-state index is 0.212. The first-order chi connectivity index (χ1) is 9.69. The number of carbonyl (C=O) groups excluding carboxylic acids is 1. The fraction of sp³-hybridized carbons (Fsp3) is 0.533. The van der Waals surface area contributed by atoms with Gasteiger partial charge < -0.3 is 9.64 Å². The quantitative estimate of drug-likeness (QED) is 0.798. The minimum Gasteiger partial charge on any atom is -0.453 e. The first-order valence-electron chi connectivity index (χ1n) is 7.03. The molecule has 2 heterocycles. The summed E-state index contributed by atoms with van der Waals surface area (Å²) in [4.78, 5) is 15.9. The van der Waals surface area contributed by atoms with Gasteiger partial charge in [-0.05, 0) is 30.5 Å². The maximum absolute atomic E-state index is 11.6. The Morgan fingerprint density at radius 3 is 2.95 bits per heavy atom. The van der Waals surface area contributed by atoms with Crippen LogP contribution in [0.2, 0.25) is 5.02 Å². The molecule has 20 heavy (non-hydrogen) atoms. The number of benzene rings is 1. The maximum atomic E-state index is 11.6. The third-order valence-corrected chi connectivity index (χ3v) is 4.60. The van der Waals surface area contributed by atoms with Crippen molar-refractivity contribution in [1.82, 2.24) is 9.80 Å². The number of piperazine rings is 1. The summed E-state index contributed by atoms with van der Waals surface area (Å²) in [5.41, 5.74) is 1.28. The topological polar surface area (TPSA) is 32.8 Å². The predicted octanol–water partition coefficient (Wildman–Crippen LogP) is 2.93. The van der Waals surface area contributed by atoms with Crippen LogP contribution in [0.3, 0.4) is 0 Å². The Morgan fingerprint density at radius 1 is 1.35 bits per heavy atom. The molecule has 1 aromatic carbocycles. The van der Waals surface area contributed by atoms with Gasteiger partial charge in [0.2, 0.25) is 0 Å². The fourth-order valence-electron chi connectivity index (χ4n) is 3.42. The number of amides is 1. The van der Waals surface area contributed by atoms with Crippen molar-refractivity contribution in [2.24, 2.45) is 0 Å². The van der Waals surface area contributed by atoms with E-state index in [0.717, 1.165) is 37.5 Å². The predicted molar refractivity (Wildman–Crippen MR) is 77.9 cm³/mol. The highest BCUT2D eigenvalue weighted by atomic mass is 35.5. The molecule has 5 heteroatoms. The summed E-state index contributed by atoms with van der Waals surface area (Å²) >= 11 is 6.09. The molecule has 4 nitrogen and oxygen atoms in total. The molecule has 3 rings (SSSR count). The lowest BCUT2D eigenvalue weighted by atomic mass is 10.0. The molecular weight excluding hydrogens is 276 g/mol. The van der Waals surface area contributed by atoms with Crippen LogP contribution >= 0.6 is 11.6 Å². The highest BCUT2D eigenvalue weighted by Crippen LogP contribution is 2.38. The average molecular weight is 295 g/mol. The van der Waals surface area contributed by atoms with E-state index in [-0.39, 0.29) is 6.09 Å². The van der Waals surface area contributed by atoms with Crippen molar-refractivity contribution < 1.29 is 9.53 Å². The molecule has 0 aromatic heterocycles. The molecule has 0 radical (unpaired) electrons. The van der Waals surface area contributed by atoms with Crippen LogP contribution in [0.1, 0.15) is 24.4 Å². The monoisotopic (exact) mass is 294 g/mol. The molecule has 2 saturated heterocycles. The van der Waals surface area contributed by atoms with Gasteiger partial charge in [-0.25, -0.2) is 4.79 Å². The highest BCUT2D eigenvalue weighted by molar-refractivity contribution is 6.30. The van der Waals surface area contributed by atoms with Crippen LogP contribution in [-0.4, -0.2) is 48.7 Å². The van der Waals surface area contributed by atoms with Crippen LogP contribution < -0.4 is 0 Å². The van der Waals surface area contributed by atoms with Crippen LogP contribution in [0.25, 0.3) is 0 Å². The summed E-state index contributed by atoms with van der Waals surface area (Å²) in [6, 6.07) is 8.99. The molecule has 2 atom stereocenters. The van der Waals surface area contributed by atoms with Crippen molar-refractivity contribution in [3.05, 3.63) is 34.9 Å². The average Bonchev–Trinajstić information content (AvgIpc) is 2.89. The number of ether oxygens (including phenoxy) is 1. The van der Waals surface area contributed by atoms with Crippen LogP contribution in [0, 0.1) is 0 Å². The van der Waals surface area contributed by atoms with E-state index in [1.807, 2.05) is 17.0 Å². The first kappa shape index (κ1) is 13.7. The Labute approximate surface area is 124 Å². The number of methoxy groups -OCH3 is 1. The second-order valence-electron chi connectivity index (χ2n) is 5.46. The summed E-state index contributed by atoms with van der Waals surface area (Å²) in [7, 11) is 1.44. The van der Waals surface area contributed by atoms with Crippen molar-refractivity contribution in [3.63, 3.8) is 0 Å². The first-order valence-corrected chi connectivity index (χ1v) is 7.41. The zero-order chi connectivity index (χ0) is 14.1. The molecule has 0 bridgehead atoms. The van der Waals surface area contributed by atoms with Crippen LogP contribution in [-0.2, 0) is 4.74 Å². The standard InChI is InChI=1S/C15H19ClN2O2/c1-20-15(19)17-7-8-18-13(10-17)5-6-14(18)11-3-2-4-12(16)9-11/h2-4,9,13-14H,5-8,10H2,1H3. The Morgan fingerprint density at radius 2 is 2.20 bits per heavy atom. The smallest absolute Gasteiger partial charge is 0.409 e. The molecule has 2 aliphatic heterocycles. The highest BCUT2D eigenvalue weighted by Gasteiger charge is 2.39. The van der Waals surface area contributed by atoms with Crippen molar-refractivity contribution in [2.75, 3.05) is 26.7 Å². The fourth-order valence-corrected chi connectivity index (χ4v) is 3.62. The number of rotatable bonds is 1.